The first-order valence-electron chi connectivity index (χ1n) is 5.76. The number of carbonyl (C=O) groups is 2. The zero-order valence-corrected chi connectivity index (χ0v) is 11.5. The molecule has 0 aliphatic carbocycles. The number of esters is 1. The van der Waals surface area contributed by atoms with Crippen molar-refractivity contribution in [3.8, 4) is 0 Å². The summed E-state index contributed by atoms with van der Waals surface area (Å²) in [7, 11) is 0. The Balaban J connectivity index is 3.57. The van der Waals surface area contributed by atoms with Gasteiger partial charge in [0.2, 0.25) is 5.91 Å². The Kier molecular flexibility index (Phi) is 8.89. The van der Waals surface area contributed by atoms with Crippen molar-refractivity contribution in [3.63, 3.8) is 0 Å². The first-order valence-corrected chi connectivity index (χ1v) is 6.92. The third-order valence-corrected chi connectivity index (χ3v) is 2.84. The van der Waals surface area contributed by atoms with Crippen LogP contribution >= 0.6 is 11.8 Å². The molecule has 6 heteroatoms. The van der Waals surface area contributed by atoms with Crippen LogP contribution in [0.3, 0.4) is 0 Å². The van der Waals surface area contributed by atoms with Crippen molar-refractivity contribution < 1.29 is 14.3 Å². The SMILES string of the molecule is CCOC(=O)C(N)CCSCC(=O)NC(C)C. The largest absolute Gasteiger partial charge is 0.465 e. The maximum Gasteiger partial charge on any atom is 0.322 e. The zero-order chi connectivity index (χ0) is 13.3. The molecule has 0 aliphatic heterocycles. The lowest BCUT2D eigenvalue weighted by Gasteiger charge is -2.10. The van der Waals surface area contributed by atoms with Crippen LogP contribution in [0.2, 0.25) is 0 Å². The second-order valence-corrected chi connectivity index (χ2v) is 5.03. The van der Waals surface area contributed by atoms with E-state index in [2.05, 4.69) is 5.32 Å². The lowest BCUT2D eigenvalue weighted by molar-refractivity contribution is -0.144. The van der Waals surface area contributed by atoms with E-state index in [1.165, 1.54) is 11.8 Å². The summed E-state index contributed by atoms with van der Waals surface area (Å²) in [5, 5.41) is 2.79. The second kappa shape index (κ2) is 9.30. The van der Waals surface area contributed by atoms with E-state index in [0.29, 0.717) is 24.5 Å². The Hall–Kier alpha value is -0.750. The van der Waals surface area contributed by atoms with Gasteiger partial charge in [-0.15, -0.1) is 0 Å². The quantitative estimate of drug-likeness (QED) is 0.492. The summed E-state index contributed by atoms with van der Waals surface area (Å²) < 4.78 is 4.78. The van der Waals surface area contributed by atoms with Gasteiger partial charge in [-0.3, -0.25) is 9.59 Å². The molecule has 1 atom stereocenters. The summed E-state index contributed by atoms with van der Waals surface area (Å²) >= 11 is 1.47. The normalized spacial score (nSPS) is 12.3. The standard InChI is InChI=1S/C11H22N2O3S/c1-4-16-11(15)9(12)5-6-17-7-10(14)13-8(2)3/h8-9H,4-7,12H2,1-3H3,(H,13,14). The van der Waals surface area contributed by atoms with Gasteiger partial charge in [-0.25, -0.2) is 0 Å². The Bertz CT molecular complexity index is 247. The van der Waals surface area contributed by atoms with Gasteiger partial charge in [0.1, 0.15) is 6.04 Å². The van der Waals surface area contributed by atoms with Crippen LogP contribution in [0, 0.1) is 0 Å². The summed E-state index contributed by atoms with van der Waals surface area (Å²) in [6.07, 6.45) is 0.526. The maximum absolute atomic E-state index is 11.3. The molecule has 0 rings (SSSR count). The number of nitrogens with two attached hydrogens (primary N) is 1. The molecule has 0 radical (unpaired) electrons. The number of carbonyl (C=O) groups excluding carboxylic acids is 2. The summed E-state index contributed by atoms with van der Waals surface area (Å²) in [4.78, 5) is 22.5. The van der Waals surface area contributed by atoms with Gasteiger partial charge in [0.15, 0.2) is 0 Å². The lowest BCUT2D eigenvalue weighted by Crippen LogP contribution is -2.33. The third kappa shape index (κ3) is 9.00. The molecule has 0 spiro atoms. The van der Waals surface area contributed by atoms with Crippen LogP contribution in [0.25, 0.3) is 0 Å². The number of rotatable bonds is 8. The topological polar surface area (TPSA) is 81.4 Å². The third-order valence-electron chi connectivity index (χ3n) is 1.85. The smallest absolute Gasteiger partial charge is 0.322 e. The molecule has 3 N–H and O–H groups in total. The molecule has 0 aliphatic rings. The zero-order valence-electron chi connectivity index (χ0n) is 10.7. The van der Waals surface area contributed by atoms with Crippen molar-refractivity contribution in [2.24, 2.45) is 5.73 Å². The van der Waals surface area contributed by atoms with E-state index in [0.717, 1.165) is 0 Å². The fourth-order valence-electron chi connectivity index (χ4n) is 1.11. The maximum atomic E-state index is 11.3. The summed E-state index contributed by atoms with van der Waals surface area (Å²) in [6, 6.07) is -0.430. The van der Waals surface area contributed by atoms with Gasteiger partial charge in [-0.1, -0.05) is 0 Å². The highest BCUT2D eigenvalue weighted by Crippen LogP contribution is 2.05. The summed E-state index contributed by atoms with van der Waals surface area (Å²) in [5.41, 5.74) is 5.61. The molecular weight excluding hydrogens is 240 g/mol. The van der Waals surface area contributed by atoms with Crippen LogP contribution < -0.4 is 11.1 Å². The van der Waals surface area contributed by atoms with E-state index in [1.54, 1.807) is 6.92 Å². The lowest BCUT2D eigenvalue weighted by atomic mass is 10.2. The van der Waals surface area contributed by atoms with Gasteiger partial charge in [-0.2, -0.15) is 11.8 Å². The monoisotopic (exact) mass is 262 g/mol. The Morgan fingerprint density at radius 2 is 2.06 bits per heavy atom. The van der Waals surface area contributed by atoms with Crippen molar-refractivity contribution in [3.05, 3.63) is 0 Å². The predicted molar refractivity (Wildman–Crippen MR) is 69.8 cm³/mol. The van der Waals surface area contributed by atoms with E-state index in [9.17, 15) is 9.59 Å². The van der Waals surface area contributed by atoms with Gasteiger partial charge in [0.25, 0.3) is 0 Å². The molecular formula is C11H22N2O3S. The molecule has 0 aromatic heterocycles. The Morgan fingerprint density at radius 3 is 2.59 bits per heavy atom. The minimum Gasteiger partial charge on any atom is -0.465 e. The van der Waals surface area contributed by atoms with Crippen LogP contribution in [0.15, 0.2) is 0 Å². The van der Waals surface area contributed by atoms with Gasteiger partial charge >= 0.3 is 5.97 Å². The van der Waals surface area contributed by atoms with Crippen LogP contribution in [0.1, 0.15) is 27.2 Å². The number of thioether (sulfide) groups is 1. The van der Waals surface area contributed by atoms with E-state index in [-0.39, 0.29) is 17.9 Å². The average molecular weight is 262 g/mol. The summed E-state index contributed by atoms with van der Waals surface area (Å²) in [5.74, 6) is 0.702. The van der Waals surface area contributed by atoms with Crippen LogP contribution in [-0.2, 0) is 14.3 Å². The highest BCUT2D eigenvalue weighted by atomic mass is 32.2. The number of hydrogen-bond donors (Lipinski definition) is 2. The fraction of sp³-hybridized carbons (Fsp3) is 0.818. The van der Waals surface area contributed by atoms with E-state index < -0.39 is 6.04 Å². The highest BCUT2D eigenvalue weighted by molar-refractivity contribution is 7.99. The van der Waals surface area contributed by atoms with Crippen molar-refractivity contribution in [1.29, 1.82) is 0 Å². The van der Waals surface area contributed by atoms with E-state index >= 15 is 0 Å². The van der Waals surface area contributed by atoms with Crippen LogP contribution in [-0.4, -0.2) is 42.1 Å². The molecule has 0 aromatic carbocycles. The molecule has 0 heterocycles. The first kappa shape index (κ1) is 16.2. The molecule has 1 unspecified atom stereocenters. The molecule has 0 saturated heterocycles. The number of ether oxygens (including phenoxy) is 1. The minimum atomic E-state index is -0.587. The van der Waals surface area contributed by atoms with Gasteiger partial charge < -0.3 is 15.8 Å². The minimum absolute atomic E-state index is 0.00899. The molecule has 17 heavy (non-hydrogen) atoms. The van der Waals surface area contributed by atoms with Gasteiger partial charge in [-0.05, 0) is 32.9 Å². The number of hydrogen-bond acceptors (Lipinski definition) is 5. The van der Waals surface area contributed by atoms with Crippen molar-refractivity contribution in [2.75, 3.05) is 18.1 Å². The highest BCUT2D eigenvalue weighted by Gasteiger charge is 2.14. The molecule has 0 aromatic rings. The molecule has 0 saturated carbocycles. The fourth-order valence-corrected chi connectivity index (χ4v) is 1.94. The first-order chi connectivity index (χ1) is 7.97. The van der Waals surface area contributed by atoms with Crippen LogP contribution in [0.4, 0.5) is 0 Å². The van der Waals surface area contributed by atoms with Crippen LogP contribution in [0.5, 0.6) is 0 Å². The molecule has 1 amide bonds. The average Bonchev–Trinajstić information content (AvgIpc) is 2.23. The number of nitrogens with one attached hydrogen (secondary N) is 1. The molecule has 5 nitrogen and oxygen atoms in total. The molecule has 100 valence electrons. The Labute approximate surface area is 107 Å². The van der Waals surface area contributed by atoms with Crippen molar-refractivity contribution >= 4 is 23.6 Å². The van der Waals surface area contributed by atoms with Gasteiger partial charge in [0, 0.05) is 6.04 Å². The van der Waals surface area contributed by atoms with Crippen molar-refractivity contribution in [2.45, 2.75) is 39.3 Å². The second-order valence-electron chi connectivity index (χ2n) is 3.92. The van der Waals surface area contributed by atoms with E-state index in [4.69, 9.17) is 10.5 Å². The van der Waals surface area contributed by atoms with Gasteiger partial charge in [0.05, 0.1) is 12.4 Å². The number of amides is 1. The van der Waals surface area contributed by atoms with Crippen molar-refractivity contribution in [1.82, 2.24) is 5.32 Å². The van der Waals surface area contributed by atoms with E-state index in [1.807, 2.05) is 13.8 Å². The Morgan fingerprint density at radius 1 is 1.41 bits per heavy atom. The molecule has 0 fully saturated rings. The molecule has 0 bridgehead atoms. The summed E-state index contributed by atoms with van der Waals surface area (Å²) in [6.45, 7) is 5.92. The predicted octanol–water partition coefficient (Wildman–Crippen LogP) is 0.525.